The highest BCUT2D eigenvalue weighted by Crippen LogP contribution is 2.26. The highest BCUT2D eigenvalue weighted by atomic mass is 35.5. The third kappa shape index (κ3) is 2.87. The van der Waals surface area contributed by atoms with Crippen LogP contribution in [0, 0.1) is 13.8 Å². The lowest BCUT2D eigenvalue weighted by Gasteiger charge is -2.33. The molecule has 0 saturated heterocycles. The van der Waals surface area contributed by atoms with Gasteiger partial charge in [-0.25, -0.2) is 8.42 Å². The van der Waals surface area contributed by atoms with Crippen LogP contribution < -0.4 is 0 Å². The van der Waals surface area contributed by atoms with Crippen LogP contribution in [-0.2, 0) is 10.0 Å². The van der Waals surface area contributed by atoms with Gasteiger partial charge in [-0.1, -0.05) is 12.1 Å². The number of hydrogen-bond acceptors (Lipinski definition) is 2. The molecule has 0 radical (unpaired) electrons. The SMILES string of the molecule is Cc1ccc(C)c(S(=O)(=O)N(C)C(C)(C)CCl)c1. The van der Waals surface area contributed by atoms with Crippen LogP contribution in [0.5, 0.6) is 0 Å². The van der Waals surface area contributed by atoms with Gasteiger partial charge in [-0.05, 0) is 44.9 Å². The normalized spacial score (nSPS) is 13.1. The molecule has 102 valence electrons. The fourth-order valence-corrected chi connectivity index (χ4v) is 3.61. The summed E-state index contributed by atoms with van der Waals surface area (Å²) >= 11 is 5.85. The Bertz CT molecular complexity index is 538. The van der Waals surface area contributed by atoms with Gasteiger partial charge in [-0.15, -0.1) is 11.6 Å². The third-order valence-corrected chi connectivity index (χ3v) is 6.03. The van der Waals surface area contributed by atoms with Crippen molar-refractivity contribution in [3.63, 3.8) is 0 Å². The summed E-state index contributed by atoms with van der Waals surface area (Å²) in [5, 5.41) is 0. The van der Waals surface area contributed by atoms with Gasteiger partial charge in [-0.2, -0.15) is 4.31 Å². The topological polar surface area (TPSA) is 37.4 Å². The van der Waals surface area contributed by atoms with Crippen LogP contribution in [0.3, 0.4) is 0 Å². The van der Waals surface area contributed by atoms with Crippen molar-refractivity contribution in [1.29, 1.82) is 0 Å². The molecule has 3 nitrogen and oxygen atoms in total. The first-order valence-corrected chi connectivity index (χ1v) is 7.72. The molecule has 0 spiro atoms. The second-order valence-corrected chi connectivity index (χ2v) is 7.39. The summed E-state index contributed by atoms with van der Waals surface area (Å²) in [7, 11) is -1.94. The van der Waals surface area contributed by atoms with Gasteiger partial charge >= 0.3 is 0 Å². The lowest BCUT2D eigenvalue weighted by Crippen LogP contribution is -2.46. The Morgan fingerprint density at radius 1 is 1.28 bits per heavy atom. The van der Waals surface area contributed by atoms with Gasteiger partial charge in [0.05, 0.1) is 4.90 Å². The van der Waals surface area contributed by atoms with Gasteiger partial charge in [0.15, 0.2) is 0 Å². The zero-order valence-electron chi connectivity index (χ0n) is 11.5. The molecule has 0 N–H and O–H groups in total. The standard InChI is InChI=1S/C13H20ClNO2S/c1-10-6-7-11(2)12(8-10)18(16,17)15(5)13(3,4)9-14/h6-8H,9H2,1-5H3. The summed E-state index contributed by atoms with van der Waals surface area (Å²) in [4.78, 5) is 0.350. The van der Waals surface area contributed by atoms with Crippen LogP contribution in [0.1, 0.15) is 25.0 Å². The van der Waals surface area contributed by atoms with Crippen molar-refractivity contribution in [2.24, 2.45) is 0 Å². The number of hydrogen-bond donors (Lipinski definition) is 0. The van der Waals surface area contributed by atoms with E-state index in [0.29, 0.717) is 4.90 Å². The van der Waals surface area contributed by atoms with Crippen molar-refractivity contribution in [3.8, 4) is 0 Å². The summed E-state index contributed by atoms with van der Waals surface area (Å²) in [5.74, 6) is 0.244. The molecule has 5 heteroatoms. The average Bonchev–Trinajstić information content (AvgIpc) is 2.31. The Labute approximate surface area is 115 Å². The third-order valence-electron chi connectivity index (χ3n) is 3.16. The molecule has 0 aromatic heterocycles. The summed E-state index contributed by atoms with van der Waals surface area (Å²) in [6.45, 7) is 7.30. The van der Waals surface area contributed by atoms with Crippen LogP contribution in [0.25, 0.3) is 0 Å². The lowest BCUT2D eigenvalue weighted by atomic mass is 10.1. The summed E-state index contributed by atoms with van der Waals surface area (Å²) < 4.78 is 26.5. The predicted octanol–water partition coefficient (Wildman–Crippen LogP) is 2.94. The number of halogens is 1. The first-order chi connectivity index (χ1) is 8.13. The Morgan fingerprint density at radius 2 is 1.83 bits per heavy atom. The van der Waals surface area contributed by atoms with E-state index in [1.807, 2.05) is 32.9 Å². The number of sulfonamides is 1. The lowest BCUT2D eigenvalue weighted by molar-refractivity contribution is 0.296. The van der Waals surface area contributed by atoms with E-state index < -0.39 is 15.6 Å². The van der Waals surface area contributed by atoms with Gasteiger partial charge in [0, 0.05) is 18.5 Å². The van der Waals surface area contributed by atoms with Crippen molar-refractivity contribution in [1.82, 2.24) is 4.31 Å². The van der Waals surface area contributed by atoms with Gasteiger partial charge in [-0.3, -0.25) is 0 Å². The number of rotatable bonds is 4. The minimum Gasteiger partial charge on any atom is -0.207 e. The number of alkyl halides is 1. The molecule has 1 aromatic carbocycles. The molecule has 0 amide bonds. The minimum absolute atomic E-state index is 0.244. The maximum absolute atomic E-state index is 12.6. The molecule has 18 heavy (non-hydrogen) atoms. The van der Waals surface area contributed by atoms with Crippen molar-refractivity contribution in [3.05, 3.63) is 29.3 Å². The average molecular weight is 290 g/mol. The molecule has 1 rings (SSSR count). The Hall–Kier alpha value is -0.580. The van der Waals surface area contributed by atoms with E-state index in [2.05, 4.69) is 0 Å². The van der Waals surface area contributed by atoms with Crippen molar-refractivity contribution in [2.75, 3.05) is 12.9 Å². The van der Waals surface area contributed by atoms with Gasteiger partial charge < -0.3 is 0 Å². The predicted molar refractivity (Wildman–Crippen MR) is 75.7 cm³/mol. The minimum atomic E-state index is -3.51. The monoisotopic (exact) mass is 289 g/mol. The molecule has 0 aliphatic rings. The van der Waals surface area contributed by atoms with E-state index in [1.165, 1.54) is 4.31 Å². The molecule has 0 heterocycles. The van der Waals surface area contributed by atoms with Gasteiger partial charge in [0.1, 0.15) is 0 Å². The molecular formula is C13H20ClNO2S. The summed E-state index contributed by atoms with van der Waals surface area (Å²) in [6, 6.07) is 5.43. The van der Waals surface area contributed by atoms with Gasteiger partial charge in [0.2, 0.25) is 10.0 Å². The largest absolute Gasteiger partial charge is 0.243 e. The van der Waals surface area contributed by atoms with Gasteiger partial charge in [0.25, 0.3) is 0 Å². The van der Waals surface area contributed by atoms with Crippen molar-refractivity contribution >= 4 is 21.6 Å². The van der Waals surface area contributed by atoms with Crippen molar-refractivity contribution < 1.29 is 8.42 Å². The Balaban J connectivity index is 3.34. The zero-order chi connectivity index (χ0) is 14.1. The maximum atomic E-state index is 12.6. The molecule has 0 unspecified atom stereocenters. The highest BCUT2D eigenvalue weighted by molar-refractivity contribution is 7.89. The van der Waals surface area contributed by atoms with Crippen LogP contribution in [0.15, 0.2) is 23.1 Å². The summed E-state index contributed by atoms with van der Waals surface area (Å²) in [6.07, 6.45) is 0. The molecule has 0 aliphatic carbocycles. The Morgan fingerprint density at radius 3 is 2.33 bits per heavy atom. The number of aryl methyl sites for hydroxylation is 2. The van der Waals surface area contributed by atoms with E-state index >= 15 is 0 Å². The fourth-order valence-electron chi connectivity index (χ4n) is 1.54. The first-order valence-electron chi connectivity index (χ1n) is 5.75. The van der Waals surface area contributed by atoms with Crippen molar-refractivity contribution in [2.45, 2.75) is 38.1 Å². The van der Waals surface area contributed by atoms with E-state index in [9.17, 15) is 8.42 Å². The maximum Gasteiger partial charge on any atom is 0.243 e. The quantitative estimate of drug-likeness (QED) is 0.799. The molecule has 0 bridgehead atoms. The van der Waals surface area contributed by atoms with E-state index in [1.54, 1.807) is 20.0 Å². The molecule has 0 fully saturated rings. The first kappa shape index (κ1) is 15.5. The number of nitrogens with zero attached hydrogens (tertiary/aromatic N) is 1. The fraction of sp³-hybridized carbons (Fsp3) is 0.538. The molecule has 0 saturated carbocycles. The second kappa shape index (κ2) is 5.19. The van der Waals surface area contributed by atoms with E-state index in [4.69, 9.17) is 11.6 Å². The van der Waals surface area contributed by atoms with Crippen LogP contribution in [0.4, 0.5) is 0 Å². The second-order valence-electron chi connectivity index (χ2n) is 5.19. The number of benzene rings is 1. The zero-order valence-corrected chi connectivity index (χ0v) is 13.1. The van der Waals surface area contributed by atoms with E-state index in [-0.39, 0.29) is 5.88 Å². The smallest absolute Gasteiger partial charge is 0.207 e. The molecule has 1 aromatic rings. The highest BCUT2D eigenvalue weighted by Gasteiger charge is 2.34. The Kier molecular flexibility index (Phi) is 4.47. The van der Waals surface area contributed by atoms with Crippen LogP contribution in [0.2, 0.25) is 0 Å². The molecular weight excluding hydrogens is 270 g/mol. The molecule has 0 atom stereocenters. The summed E-state index contributed by atoms with van der Waals surface area (Å²) in [5.41, 5.74) is 1.06. The van der Waals surface area contributed by atoms with Crippen LogP contribution in [-0.4, -0.2) is 31.2 Å². The molecule has 0 aliphatic heterocycles. The van der Waals surface area contributed by atoms with Crippen LogP contribution >= 0.6 is 11.6 Å². The van der Waals surface area contributed by atoms with E-state index in [0.717, 1.165) is 11.1 Å².